The summed E-state index contributed by atoms with van der Waals surface area (Å²) >= 11 is 0. The molecule has 0 fully saturated rings. The zero-order valence-corrected chi connectivity index (χ0v) is 29.4. The van der Waals surface area contributed by atoms with E-state index in [1.54, 1.807) is 0 Å². The summed E-state index contributed by atoms with van der Waals surface area (Å²) < 4.78 is 0. The van der Waals surface area contributed by atoms with Gasteiger partial charge in [0.15, 0.2) is 5.82 Å². The highest BCUT2D eigenvalue weighted by Crippen LogP contribution is 2.36. The van der Waals surface area contributed by atoms with E-state index in [0.29, 0.717) is 5.82 Å². The van der Waals surface area contributed by atoms with Crippen LogP contribution in [0.3, 0.4) is 0 Å². The molecule has 0 saturated heterocycles. The normalized spacial score (nSPS) is 14.4. The molecule has 0 bridgehead atoms. The zero-order valence-electron chi connectivity index (χ0n) is 29.4. The van der Waals surface area contributed by atoms with E-state index in [1.165, 1.54) is 33.0 Å². The van der Waals surface area contributed by atoms with Crippen molar-refractivity contribution in [1.29, 1.82) is 0 Å². The van der Waals surface area contributed by atoms with Crippen LogP contribution in [0.4, 0.5) is 0 Å². The summed E-state index contributed by atoms with van der Waals surface area (Å²) in [6.07, 6.45) is 10.6. The first-order chi connectivity index (χ1) is 26.7. The lowest BCUT2D eigenvalue weighted by Crippen LogP contribution is -2.26. The number of benzene rings is 6. The lowest BCUT2D eigenvalue weighted by atomic mass is 9.89. The summed E-state index contributed by atoms with van der Waals surface area (Å²) in [5, 5.41) is 6.15. The van der Waals surface area contributed by atoms with E-state index in [9.17, 15) is 0 Å². The van der Waals surface area contributed by atoms with Gasteiger partial charge in [0, 0.05) is 28.6 Å². The molecule has 1 aliphatic heterocycles. The number of nitrogens with zero attached hydrogens (tertiary/aromatic N) is 3. The summed E-state index contributed by atoms with van der Waals surface area (Å²) in [5.41, 5.74) is 15.3. The maximum Gasteiger partial charge on any atom is 0.160 e. The van der Waals surface area contributed by atoms with Crippen molar-refractivity contribution in [3.63, 3.8) is 0 Å². The van der Waals surface area contributed by atoms with Gasteiger partial charge in [0.05, 0.1) is 23.1 Å². The Hall–Kier alpha value is -7.17. The van der Waals surface area contributed by atoms with Crippen molar-refractivity contribution >= 4 is 22.5 Å². The minimum atomic E-state index is 0.0533. The highest BCUT2D eigenvalue weighted by molar-refractivity contribution is 5.90. The number of nitrogens with one attached hydrogen (secondary N) is 1. The number of pyridine rings is 1. The molecule has 3 heterocycles. The molecule has 2 aliphatic rings. The highest BCUT2D eigenvalue weighted by atomic mass is 15.0. The average Bonchev–Trinajstić information content (AvgIpc) is 3.26. The average molecular weight is 691 g/mol. The number of aromatic nitrogens is 3. The number of allylic oxidation sites excluding steroid dienone is 2. The Labute approximate surface area is 314 Å². The van der Waals surface area contributed by atoms with E-state index in [1.807, 2.05) is 36.5 Å². The Kier molecular flexibility index (Phi) is 7.85. The van der Waals surface area contributed by atoms with Gasteiger partial charge >= 0.3 is 0 Å². The van der Waals surface area contributed by atoms with Crippen molar-refractivity contribution in [2.75, 3.05) is 0 Å². The fourth-order valence-electron chi connectivity index (χ4n) is 7.47. The molecule has 0 radical (unpaired) electrons. The van der Waals surface area contributed by atoms with Crippen LogP contribution in [0.15, 0.2) is 194 Å². The maximum absolute atomic E-state index is 5.06. The SMILES string of the molecule is C1=Cc2cccnc2C2NC(c3ccc4cc(-c5ccc(-c6cc(-c7ccc(-c8ccccc8)cc7)nc(-c7ccccc7)n6)cc5)ccc4c3)=CC=C12. The second-order valence-electron chi connectivity index (χ2n) is 13.8. The summed E-state index contributed by atoms with van der Waals surface area (Å²) in [7, 11) is 0. The molecule has 4 heteroatoms. The van der Waals surface area contributed by atoms with Crippen LogP contribution >= 0.6 is 0 Å². The van der Waals surface area contributed by atoms with Gasteiger partial charge in [-0.1, -0.05) is 158 Å². The van der Waals surface area contributed by atoms with Crippen molar-refractivity contribution in [3.8, 4) is 56.2 Å². The highest BCUT2D eigenvalue weighted by Gasteiger charge is 2.25. The van der Waals surface area contributed by atoms with E-state index in [4.69, 9.17) is 15.0 Å². The molecular formula is C50H34N4. The third-order valence-electron chi connectivity index (χ3n) is 10.4. The maximum atomic E-state index is 5.06. The van der Waals surface area contributed by atoms with Crippen LogP contribution in [0, 0.1) is 0 Å². The Morgan fingerprint density at radius 1 is 0.426 bits per heavy atom. The van der Waals surface area contributed by atoms with Crippen molar-refractivity contribution < 1.29 is 0 Å². The molecule has 254 valence electrons. The van der Waals surface area contributed by atoms with Crippen LogP contribution < -0.4 is 5.32 Å². The van der Waals surface area contributed by atoms with E-state index >= 15 is 0 Å². The van der Waals surface area contributed by atoms with Gasteiger partial charge in [0.2, 0.25) is 0 Å². The van der Waals surface area contributed by atoms with Crippen molar-refractivity contribution in [3.05, 3.63) is 211 Å². The first-order valence-corrected chi connectivity index (χ1v) is 18.3. The fraction of sp³-hybridized carbons (Fsp3) is 0.0200. The minimum absolute atomic E-state index is 0.0533. The fourth-order valence-corrected chi connectivity index (χ4v) is 7.47. The quantitative estimate of drug-likeness (QED) is 0.189. The van der Waals surface area contributed by atoms with E-state index < -0.39 is 0 Å². The molecule has 10 rings (SSSR count). The van der Waals surface area contributed by atoms with Gasteiger partial charge in [0.1, 0.15) is 0 Å². The first-order valence-electron chi connectivity index (χ1n) is 18.3. The molecule has 1 atom stereocenters. The van der Waals surface area contributed by atoms with Crippen LogP contribution in [-0.2, 0) is 0 Å². The summed E-state index contributed by atoms with van der Waals surface area (Å²) in [4.78, 5) is 14.8. The van der Waals surface area contributed by atoms with Gasteiger partial charge in [0.25, 0.3) is 0 Å². The predicted molar refractivity (Wildman–Crippen MR) is 222 cm³/mol. The molecule has 0 amide bonds. The molecule has 2 aromatic heterocycles. The predicted octanol–water partition coefficient (Wildman–Crippen LogP) is 12.0. The molecule has 54 heavy (non-hydrogen) atoms. The molecule has 1 unspecified atom stereocenters. The van der Waals surface area contributed by atoms with Gasteiger partial charge in [-0.15, -0.1) is 0 Å². The smallest absolute Gasteiger partial charge is 0.160 e. The Morgan fingerprint density at radius 3 is 1.67 bits per heavy atom. The Balaban J connectivity index is 0.931. The van der Waals surface area contributed by atoms with Gasteiger partial charge < -0.3 is 5.32 Å². The van der Waals surface area contributed by atoms with Crippen molar-refractivity contribution in [2.24, 2.45) is 0 Å². The number of hydrogen-bond acceptors (Lipinski definition) is 4. The van der Waals surface area contributed by atoms with E-state index in [0.717, 1.165) is 56.2 Å². The van der Waals surface area contributed by atoms with Crippen LogP contribution in [0.25, 0.3) is 78.7 Å². The third-order valence-corrected chi connectivity index (χ3v) is 10.4. The van der Waals surface area contributed by atoms with Crippen molar-refractivity contribution in [1.82, 2.24) is 20.3 Å². The minimum Gasteiger partial charge on any atom is -0.372 e. The third kappa shape index (κ3) is 6.00. The molecule has 1 aliphatic carbocycles. The van der Waals surface area contributed by atoms with Crippen LogP contribution in [0.5, 0.6) is 0 Å². The topological polar surface area (TPSA) is 50.7 Å². The largest absolute Gasteiger partial charge is 0.372 e. The van der Waals surface area contributed by atoms with Crippen LogP contribution in [-0.4, -0.2) is 15.0 Å². The second-order valence-corrected chi connectivity index (χ2v) is 13.8. The van der Waals surface area contributed by atoms with Crippen LogP contribution in [0.2, 0.25) is 0 Å². The molecule has 6 aromatic carbocycles. The number of dihydropyridines is 1. The summed E-state index contributed by atoms with van der Waals surface area (Å²) in [5.74, 6) is 0.709. The molecule has 0 spiro atoms. The molecule has 1 N–H and O–H groups in total. The summed E-state index contributed by atoms with van der Waals surface area (Å²) in [6, 6.07) is 57.6. The Morgan fingerprint density at radius 2 is 0.981 bits per heavy atom. The molecule has 0 saturated carbocycles. The molecular weight excluding hydrogens is 657 g/mol. The lowest BCUT2D eigenvalue weighted by Gasteiger charge is -2.29. The Bertz CT molecular complexity index is 2760. The zero-order chi connectivity index (χ0) is 35.8. The number of rotatable bonds is 6. The van der Waals surface area contributed by atoms with E-state index in [2.05, 4.69) is 163 Å². The van der Waals surface area contributed by atoms with Crippen molar-refractivity contribution in [2.45, 2.75) is 6.04 Å². The number of hydrogen-bond donors (Lipinski definition) is 1. The molecule has 4 nitrogen and oxygen atoms in total. The molecule has 8 aromatic rings. The van der Waals surface area contributed by atoms with Gasteiger partial charge in [-0.2, -0.15) is 0 Å². The van der Waals surface area contributed by atoms with Crippen LogP contribution in [0.1, 0.15) is 22.9 Å². The lowest BCUT2D eigenvalue weighted by molar-refractivity contribution is 0.704. The standard InChI is InChI=1S/C50H34N4/c1-3-8-33(9-4-1)34-13-17-36(18-14-34)46-32-47(54-50(53-46)40-10-5-2-6-11-40)37-19-15-35(16-20-37)41-23-24-43-31-44(26-25-42(43)30-41)45-28-27-39-22-21-38-12-7-29-51-48(38)49(39)52-45/h1-32,49,52H. The van der Waals surface area contributed by atoms with Gasteiger partial charge in [-0.25, -0.2) is 9.97 Å². The first kappa shape index (κ1) is 31.6. The summed E-state index contributed by atoms with van der Waals surface area (Å²) in [6.45, 7) is 0. The van der Waals surface area contributed by atoms with E-state index in [-0.39, 0.29) is 6.04 Å². The second kappa shape index (κ2) is 13.4. The number of fused-ring (bicyclic) bond motifs is 4. The van der Waals surface area contributed by atoms with Gasteiger partial charge in [-0.05, 0) is 80.1 Å². The monoisotopic (exact) mass is 690 g/mol. The van der Waals surface area contributed by atoms with Gasteiger partial charge in [-0.3, -0.25) is 4.98 Å².